The molecule has 0 saturated heterocycles. The van der Waals surface area contributed by atoms with Crippen molar-refractivity contribution in [3.8, 4) is 0 Å². The Morgan fingerprint density at radius 1 is 1.31 bits per heavy atom. The van der Waals surface area contributed by atoms with Crippen LogP contribution in [0.15, 0.2) is 24.3 Å². The molecule has 0 aliphatic rings. The Bertz CT molecular complexity index is 273. The van der Waals surface area contributed by atoms with E-state index in [1.54, 1.807) is 0 Å². The van der Waals surface area contributed by atoms with E-state index in [1.165, 1.54) is 0 Å². The molecule has 0 spiro atoms. The van der Waals surface area contributed by atoms with Crippen molar-refractivity contribution in [3.05, 3.63) is 35.4 Å². The van der Waals surface area contributed by atoms with Crippen LogP contribution in [0.4, 0.5) is 0 Å². The van der Waals surface area contributed by atoms with Crippen LogP contribution in [0.5, 0.6) is 0 Å². The summed E-state index contributed by atoms with van der Waals surface area (Å²) in [7, 11) is 0. The number of carbonyl (C=O) groups is 1. The minimum absolute atomic E-state index is 0.388. The van der Waals surface area contributed by atoms with Gasteiger partial charge in [0.25, 0.3) is 0 Å². The fraction of sp³-hybridized carbons (Fsp3) is 0.300. The third-order valence-electron chi connectivity index (χ3n) is 1.88. The van der Waals surface area contributed by atoms with Gasteiger partial charge in [0.2, 0.25) is 0 Å². The molecule has 1 rings (SSSR count). The Hall–Kier alpha value is -1.19. The molecular weight excluding hydrogens is 164 g/mol. The highest BCUT2D eigenvalue weighted by molar-refractivity contribution is 5.51. The first kappa shape index (κ1) is 9.89. The smallest absolute Gasteiger partial charge is 0.133 e. The average molecular weight is 178 g/mol. The zero-order valence-electron chi connectivity index (χ0n) is 7.49. The lowest BCUT2D eigenvalue weighted by atomic mass is 10.1. The van der Waals surface area contributed by atoms with Gasteiger partial charge in [0.15, 0.2) is 0 Å². The third kappa shape index (κ3) is 2.97. The molecule has 0 unspecified atom stereocenters. The Balaban J connectivity index is 2.58. The maximum absolute atomic E-state index is 10.1. The molecule has 3 heteroatoms. The van der Waals surface area contributed by atoms with E-state index in [1.807, 2.05) is 24.3 Å². The molecule has 13 heavy (non-hydrogen) atoms. The highest BCUT2D eigenvalue weighted by atomic mass is 16.1. The number of nitrogens with one attached hydrogen (secondary N) is 1. The summed E-state index contributed by atoms with van der Waals surface area (Å²) in [5.41, 5.74) is 7.84. The molecule has 3 N–H and O–H groups in total. The minimum Gasteiger partial charge on any atom is -0.326 e. The molecule has 1 aromatic carbocycles. The van der Waals surface area contributed by atoms with Crippen molar-refractivity contribution < 1.29 is 4.79 Å². The Morgan fingerprint density at radius 3 is 2.62 bits per heavy atom. The predicted molar refractivity (Wildman–Crippen MR) is 52.1 cm³/mol. The summed E-state index contributed by atoms with van der Waals surface area (Å²) in [6.07, 6.45) is 0.852. The van der Waals surface area contributed by atoms with Gasteiger partial charge >= 0.3 is 0 Å². The van der Waals surface area contributed by atoms with Crippen LogP contribution in [0.1, 0.15) is 11.1 Å². The second-order valence-electron chi connectivity index (χ2n) is 2.77. The lowest BCUT2D eigenvalue weighted by Crippen LogP contribution is -2.17. The van der Waals surface area contributed by atoms with Crippen LogP contribution in [0.3, 0.4) is 0 Å². The summed E-state index contributed by atoms with van der Waals surface area (Å²) in [4.78, 5) is 10.1. The van der Waals surface area contributed by atoms with E-state index in [4.69, 9.17) is 5.73 Å². The van der Waals surface area contributed by atoms with Crippen LogP contribution >= 0.6 is 0 Å². The Kier molecular flexibility index (Phi) is 4.15. The van der Waals surface area contributed by atoms with Crippen LogP contribution in [-0.4, -0.2) is 12.8 Å². The molecule has 0 amide bonds. The van der Waals surface area contributed by atoms with E-state index in [-0.39, 0.29) is 0 Å². The molecule has 0 atom stereocenters. The van der Waals surface area contributed by atoms with Gasteiger partial charge in [-0.15, -0.1) is 0 Å². The Labute approximate surface area is 77.9 Å². The van der Waals surface area contributed by atoms with Crippen LogP contribution in [0.2, 0.25) is 0 Å². The van der Waals surface area contributed by atoms with E-state index in [0.717, 1.165) is 17.4 Å². The van der Waals surface area contributed by atoms with Gasteiger partial charge in [0.1, 0.15) is 6.29 Å². The molecule has 0 saturated carbocycles. The fourth-order valence-corrected chi connectivity index (χ4v) is 1.19. The summed E-state index contributed by atoms with van der Waals surface area (Å²) in [5, 5.41) is 3.00. The number of nitrogens with two attached hydrogens (primary N) is 1. The van der Waals surface area contributed by atoms with Gasteiger partial charge in [-0.3, -0.25) is 0 Å². The maximum Gasteiger partial charge on any atom is 0.133 e. The van der Waals surface area contributed by atoms with Crippen molar-refractivity contribution in [3.63, 3.8) is 0 Å². The fourth-order valence-electron chi connectivity index (χ4n) is 1.19. The van der Waals surface area contributed by atoms with E-state index < -0.39 is 0 Å². The molecule has 3 nitrogen and oxygen atoms in total. The second kappa shape index (κ2) is 5.45. The third-order valence-corrected chi connectivity index (χ3v) is 1.88. The normalized spacial score (nSPS) is 9.92. The molecule has 0 aromatic heterocycles. The monoisotopic (exact) mass is 178 g/mol. The summed E-state index contributed by atoms with van der Waals surface area (Å²) >= 11 is 0. The van der Waals surface area contributed by atoms with Gasteiger partial charge in [-0.25, -0.2) is 0 Å². The first-order valence-corrected chi connectivity index (χ1v) is 4.29. The molecule has 0 fully saturated rings. The first-order chi connectivity index (χ1) is 6.38. The maximum atomic E-state index is 10.1. The second-order valence-corrected chi connectivity index (χ2v) is 2.77. The molecule has 0 bridgehead atoms. The van der Waals surface area contributed by atoms with Gasteiger partial charge in [-0.1, -0.05) is 24.3 Å². The molecular formula is C10H14N2O. The van der Waals surface area contributed by atoms with Crippen molar-refractivity contribution in [2.24, 2.45) is 5.73 Å². The van der Waals surface area contributed by atoms with Gasteiger partial charge in [-0.2, -0.15) is 0 Å². The number of hydrogen-bond acceptors (Lipinski definition) is 3. The molecule has 0 aliphatic heterocycles. The number of carbonyl (C=O) groups excluding carboxylic acids is 1. The lowest BCUT2D eigenvalue weighted by molar-refractivity contribution is -0.107. The van der Waals surface area contributed by atoms with Crippen molar-refractivity contribution in [1.82, 2.24) is 5.32 Å². The predicted octanol–water partition coefficient (Wildman–Crippen LogP) is 0.434. The minimum atomic E-state index is 0.388. The lowest BCUT2D eigenvalue weighted by Gasteiger charge is -2.06. The molecule has 0 radical (unpaired) electrons. The zero-order chi connectivity index (χ0) is 9.52. The van der Waals surface area contributed by atoms with Crippen LogP contribution in [-0.2, 0) is 17.9 Å². The average Bonchev–Trinajstić information content (AvgIpc) is 2.19. The van der Waals surface area contributed by atoms with Gasteiger partial charge < -0.3 is 15.8 Å². The summed E-state index contributed by atoms with van der Waals surface area (Å²) < 4.78 is 0. The summed E-state index contributed by atoms with van der Waals surface area (Å²) in [6, 6.07) is 7.94. The molecule has 0 aliphatic carbocycles. The SMILES string of the molecule is NCc1ccccc1CNCC=O. The number of aldehydes is 1. The topological polar surface area (TPSA) is 55.1 Å². The molecule has 70 valence electrons. The van der Waals surface area contributed by atoms with Crippen molar-refractivity contribution in [2.75, 3.05) is 6.54 Å². The molecule has 0 heterocycles. The van der Waals surface area contributed by atoms with Crippen LogP contribution in [0, 0.1) is 0 Å². The van der Waals surface area contributed by atoms with E-state index >= 15 is 0 Å². The van der Waals surface area contributed by atoms with Gasteiger partial charge in [0, 0.05) is 13.1 Å². The number of rotatable bonds is 5. The largest absolute Gasteiger partial charge is 0.326 e. The highest BCUT2D eigenvalue weighted by Gasteiger charge is 1.97. The summed E-state index contributed by atoms with van der Waals surface area (Å²) in [5.74, 6) is 0. The van der Waals surface area contributed by atoms with Crippen molar-refractivity contribution >= 4 is 6.29 Å². The van der Waals surface area contributed by atoms with E-state index in [2.05, 4.69) is 5.32 Å². The summed E-state index contributed by atoms with van der Waals surface area (Å²) in [6.45, 7) is 1.63. The van der Waals surface area contributed by atoms with Crippen molar-refractivity contribution in [2.45, 2.75) is 13.1 Å². The van der Waals surface area contributed by atoms with E-state index in [9.17, 15) is 4.79 Å². The first-order valence-electron chi connectivity index (χ1n) is 4.29. The Morgan fingerprint density at radius 2 is 2.00 bits per heavy atom. The van der Waals surface area contributed by atoms with Crippen molar-refractivity contribution in [1.29, 1.82) is 0 Å². The van der Waals surface area contributed by atoms with Gasteiger partial charge in [-0.05, 0) is 11.1 Å². The molecule has 1 aromatic rings. The number of benzene rings is 1. The van der Waals surface area contributed by atoms with E-state index in [0.29, 0.717) is 19.6 Å². The highest BCUT2D eigenvalue weighted by Crippen LogP contribution is 2.06. The number of hydrogen-bond donors (Lipinski definition) is 2. The standard InChI is InChI=1S/C10H14N2O/c11-7-9-3-1-2-4-10(9)8-12-5-6-13/h1-4,6,12H,5,7-8,11H2. The van der Waals surface area contributed by atoms with Crippen LogP contribution in [0.25, 0.3) is 0 Å². The quantitative estimate of drug-likeness (QED) is 0.508. The van der Waals surface area contributed by atoms with Gasteiger partial charge in [0.05, 0.1) is 6.54 Å². The van der Waals surface area contributed by atoms with Crippen LogP contribution < -0.4 is 11.1 Å². The zero-order valence-corrected chi connectivity index (χ0v) is 7.49.